The van der Waals surface area contributed by atoms with Crippen molar-refractivity contribution < 1.29 is 9.53 Å². The van der Waals surface area contributed by atoms with Crippen molar-refractivity contribution in [3.05, 3.63) is 53.6 Å². The molecule has 1 aliphatic rings. The molecule has 0 aliphatic carbocycles. The highest BCUT2D eigenvalue weighted by molar-refractivity contribution is 5.76. The van der Waals surface area contributed by atoms with Gasteiger partial charge in [-0.25, -0.2) is 4.98 Å². The molecule has 6 heteroatoms. The highest BCUT2D eigenvalue weighted by Crippen LogP contribution is 2.19. The molecule has 3 rings (SSSR count). The molecular weight excluding hydrogens is 328 g/mol. The third-order valence-electron chi connectivity index (χ3n) is 4.72. The van der Waals surface area contributed by atoms with Gasteiger partial charge in [-0.05, 0) is 12.5 Å². The van der Waals surface area contributed by atoms with Gasteiger partial charge in [-0.3, -0.25) is 9.69 Å². The Kier molecular flexibility index (Phi) is 6.06. The van der Waals surface area contributed by atoms with Crippen LogP contribution in [0.5, 0.6) is 0 Å². The fourth-order valence-corrected chi connectivity index (χ4v) is 3.38. The number of hydrogen-bond acceptors (Lipinski definition) is 4. The van der Waals surface area contributed by atoms with Crippen LogP contribution >= 0.6 is 0 Å². The summed E-state index contributed by atoms with van der Waals surface area (Å²) >= 11 is 0. The van der Waals surface area contributed by atoms with Crippen molar-refractivity contribution >= 4 is 5.91 Å². The molecule has 6 nitrogen and oxygen atoms in total. The summed E-state index contributed by atoms with van der Waals surface area (Å²) in [5.74, 6) is 0.323. The number of aromatic nitrogens is 2. The molecule has 0 bridgehead atoms. The van der Waals surface area contributed by atoms with Gasteiger partial charge in [0.2, 0.25) is 5.91 Å². The first-order valence-electron chi connectivity index (χ1n) is 9.06. The SMILES string of the molecule is Cc1cccc(CN2Cc3cncn3C[C@@H](COCC(=O)N(C)C)C2)c1. The number of imidazole rings is 1. The van der Waals surface area contributed by atoms with Crippen LogP contribution in [-0.2, 0) is 29.2 Å². The number of likely N-dealkylation sites (N-methyl/N-ethyl adjacent to an activating group) is 1. The number of aryl methyl sites for hydroxylation is 1. The molecular formula is C20H28N4O2. The van der Waals surface area contributed by atoms with Crippen LogP contribution < -0.4 is 0 Å². The molecule has 0 saturated carbocycles. The van der Waals surface area contributed by atoms with Crippen molar-refractivity contribution in [3.63, 3.8) is 0 Å². The number of fused-ring (bicyclic) bond motifs is 1. The zero-order valence-electron chi connectivity index (χ0n) is 15.9. The van der Waals surface area contributed by atoms with Crippen molar-refractivity contribution in [3.8, 4) is 0 Å². The Labute approximate surface area is 155 Å². The summed E-state index contributed by atoms with van der Waals surface area (Å²) in [6.45, 7) is 6.42. The van der Waals surface area contributed by atoms with E-state index in [0.29, 0.717) is 12.5 Å². The zero-order valence-corrected chi connectivity index (χ0v) is 15.9. The number of carbonyl (C=O) groups is 1. The third-order valence-corrected chi connectivity index (χ3v) is 4.72. The second-order valence-corrected chi connectivity index (χ2v) is 7.37. The summed E-state index contributed by atoms with van der Waals surface area (Å²) in [5.41, 5.74) is 3.83. The van der Waals surface area contributed by atoms with E-state index in [0.717, 1.165) is 26.2 Å². The van der Waals surface area contributed by atoms with Gasteiger partial charge in [-0.15, -0.1) is 0 Å². The molecule has 1 atom stereocenters. The van der Waals surface area contributed by atoms with Gasteiger partial charge in [0.25, 0.3) is 0 Å². The molecule has 0 unspecified atom stereocenters. The zero-order chi connectivity index (χ0) is 18.5. The monoisotopic (exact) mass is 356 g/mol. The minimum absolute atomic E-state index is 0.00133. The fourth-order valence-electron chi connectivity index (χ4n) is 3.38. The van der Waals surface area contributed by atoms with Crippen LogP contribution in [0.3, 0.4) is 0 Å². The highest BCUT2D eigenvalue weighted by atomic mass is 16.5. The van der Waals surface area contributed by atoms with Gasteiger partial charge in [0.05, 0.1) is 18.6 Å². The Morgan fingerprint density at radius 2 is 2.19 bits per heavy atom. The maximum Gasteiger partial charge on any atom is 0.248 e. The molecule has 1 aromatic heterocycles. The van der Waals surface area contributed by atoms with E-state index in [1.807, 2.05) is 12.5 Å². The summed E-state index contributed by atoms with van der Waals surface area (Å²) in [7, 11) is 3.50. The largest absolute Gasteiger partial charge is 0.371 e. The van der Waals surface area contributed by atoms with Gasteiger partial charge in [0.15, 0.2) is 0 Å². The van der Waals surface area contributed by atoms with E-state index in [4.69, 9.17) is 4.74 Å². The number of benzene rings is 1. The molecule has 0 radical (unpaired) electrons. The third kappa shape index (κ3) is 4.93. The topological polar surface area (TPSA) is 50.6 Å². The number of amides is 1. The summed E-state index contributed by atoms with van der Waals surface area (Å²) in [6, 6.07) is 8.65. The Hall–Kier alpha value is -2.18. The molecule has 0 N–H and O–H groups in total. The Balaban J connectivity index is 1.65. The Bertz CT molecular complexity index is 741. The van der Waals surface area contributed by atoms with Crippen molar-refractivity contribution in [2.45, 2.75) is 26.6 Å². The first-order valence-corrected chi connectivity index (χ1v) is 9.06. The van der Waals surface area contributed by atoms with Crippen molar-refractivity contribution in [1.82, 2.24) is 19.4 Å². The Morgan fingerprint density at radius 3 is 2.96 bits per heavy atom. The average Bonchev–Trinajstić information content (AvgIpc) is 2.94. The second-order valence-electron chi connectivity index (χ2n) is 7.37. The summed E-state index contributed by atoms with van der Waals surface area (Å²) in [4.78, 5) is 20.0. The van der Waals surface area contributed by atoms with Crippen LogP contribution in [0, 0.1) is 12.8 Å². The predicted molar refractivity (Wildman–Crippen MR) is 101 cm³/mol. The van der Waals surface area contributed by atoms with Gasteiger partial charge < -0.3 is 14.2 Å². The first-order chi connectivity index (χ1) is 12.5. The molecule has 2 aromatic rings. The molecule has 140 valence electrons. The molecule has 1 aromatic carbocycles. The number of hydrogen-bond donors (Lipinski definition) is 0. The fraction of sp³-hybridized carbons (Fsp3) is 0.500. The lowest BCUT2D eigenvalue weighted by molar-refractivity contribution is -0.134. The van der Waals surface area contributed by atoms with Gasteiger partial charge in [-0.1, -0.05) is 29.8 Å². The molecule has 0 saturated heterocycles. The maximum atomic E-state index is 11.7. The number of rotatable bonds is 6. The molecule has 1 amide bonds. The molecule has 0 spiro atoms. The minimum Gasteiger partial charge on any atom is -0.371 e. The highest BCUT2D eigenvalue weighted by Gasteiger charge is 2.22. The summed E-state index contributed by atoms with van der Waals surface area (Å²) < 4.78 is 7.92. The Morgan fingerprint density at radius 1 is 1.35 bits per heavy atom. The number of nitrogens with zero attached hydrogens (tertiary/aromatic N) is 4. The number of ether oxygens (including phenoxy) is 1. The van der Waals surface area contributed by atoms with Gasteiger partial charge in [-0.2, -0.15) is 0 Å². The quantitative estimate of drug-likeness (QED) is 0.794. The van der Waals surface area contributed by atoms with Crippen molar-refractivity contribution in [1.29, 1.82) is 0 Å². The molecule has 26 heavy (non-hydrogen) atoms. The van der Waals surface area contributed by atoms with Crippen molar-refractivity contribution in [2.24, 2.45) is 5.92 Å². The molecule has 0 fully saturated rings. The maximum absolute atomic E-state index is 11.7. The van der Waals surface area contributed by atoms with Crippen LogP contribution in [0.15, 0.2) is 36.8 Å². The average molecular weight is 356 g/mol. The van der Waals surface area contributed by atoms with Gasteiger partial charge >= 0.3 is 0 Å². The second kappa shape index (κ2) is 8.47. The van der Waals surface area contributed by atoms with Gasteiger partial charge in [0.1, 0.15) is 6.61 Å². The van der Waals surface area contributed by atoms with Gasteiger partial charge in [0, 0.05) is 52.4 Å². The van der Waals surface area contributed by atoms with Crippen LogP contribution in [0.4, 0.5) is 0 Å². The number of carbonyl (C=O) groups excluding carboxylic acids is 1. The van der Waals surface area contributed by atoms with E-state index in [1.54, 1.807) is 19.0 Å². The van der Waals surface area contributed by atoms with E-state index in [9.17, 15) is 4.79 Å². The van der Waals surface area contributed by atoms with Crippen LogP contribution in [0.25, 0.3) is 0 Å². The van der Waals surface area contributed by atoms with E-state index >= 15 is 0 Å². The molecule has 2 heterocycles. The lowest BCUT2D eigenvalue weighted by Gasteiger charge is -2.24. The van der Waals surface area contributed by atoms with Crippen LogP contribution in [0.1, 0.15) is 16.8 Å². The first kappa shape index (κ1) is 18.6. The van der Waals surface area contributed by atoms with Crippen LogP contribution in [-0.4, -0.2) is 59.1 Å². The summed E-state index contributed by atoms with van der Waals surface area (Å²) in [5, 5.41) is 0. The minimum atomic E-state index is -0.00133. The standard InChI is InChI=1S/C20H28N4O2/c1-16-5-4-6-17(7-16)9-23-10-18(13-26-14-20(25)22(2)3)11-24-15-21-8-19(24)12-23/h4-8,15,18H,9-14H2,1-3H3/t18-/m0/s1. The smallest absolute Gasteiger partial charge is 0.248 e. The van der Waals surface area contributed by atoms with Crippen molar-refractivity contribution in [2.75, 3.05) is 33.9 Å². The normalized spacial score (nSPS) is 17.6. The summed E-state index contributed by atoms with van der Waals surface area (Å²) in [6.07, 6.45) is 3.84. The van der Waals surface area contributed by atoms with E-state index < -0.39 is 0 Å². The predicted octanol–water partition coefficient (Wildman–Crippen LogP) is 1.93. The van der Waals surface area contributed by atoms with Crippen LogP contribution in [0.2, 0.25) is 0 Å². The molecule has 1 aliphatic heterocycles. The van der Waals surface area contributed by atoms with E-state index in [-0.39, 0.29) is 12.5 Å². The lowest BCUT2D eigenvalue weighted by Crippen LogP contribution is -2.32. The lowest BCUT2D eigenvalue weighted by atomic mass is 10.1. The van der Waals surface area contributed by atoms with E-state index in [1.165, 1.54) is 16.8 Å². The van der Waals surface area contributed by atoms with E-state index in [2.05, 4.69) is 45.6 Å².